The van der Waals surface area contributed by atoms with Crippen LogP contribution in [0.5, 0.6) is 5.75 Å². The van der Waals surface area contributed by atoms with Crippen molar-refractivity contribution < 1.29 is 9.53 Å². The van der Waals surface area contributed by atoms with E-state index in [1.807, 2.05) is 19.1 Å². The number of carbonyl (C=O) groups excluding carboxylic acids is 1. The fourth-order valence-corrected chi connectivity index (χ4v) is 2.67. The summed E-state index contributed by atoms with van der Waals surface area (Å²) < 4.78 is 5.17. The summed E-state index contributed by atoms with van der Waals surface area (Å²) in [7, 11) is 3.38. The molecule has 5 nitrogen and oxygen atoms in total. The summed E-state index contributed by atoms with van der Waals surface area (Å²) in [6.07, 6.45) is 0. The number of benzene rings is 1. The second-order valence-corrected chi connectivity index (χ2v) is 5.45. The predicted molar refractivity (Wildman–Crippen MR) is 83.4 cm³/mol. The second kappa shape index (κ2) is 7.43. The summed E-state index contributed by atoms with van der Waals surface area (Å²) in [6.45, 7) is 6.78. The fourth-order valence-electron chi connectivity index (χ4n) is 2.67. The van der Waals surface area contributed by atoms with E-state index in [4.69, 9.17) is 4.74 Å². The van der Waals surface area contributed by atoms with Gasteiger partial charge in [-0.05, 0) is 24.6 Å². The molecule has 1 aliphatic heterocycles. The van der Waals surface area contributed by atoms with Gasteiger partial charge in [0.2, 0.25) is 5.91 Å². The molecule has 0 spiro atoms. The zero-order valence-corrected chi connectivity index (χ0v) is 13.1. The van der Waals surface area contributed by atoms with Gasteiger partial charge >= 0.3 is 0 Å². The summed E-state index contributed by atoms with van der Waals surface area (Å²) in [5.74, 6) is 0.988. The molecule has 116 valence electrons. The topological polar surface area (TPSA) is 44.8 Å². The van der Waals surface area contributed by atoms with Crippen molar-refractivity contribution in [1.82, 2.24) is 15.1 Å². The smallest absolute Gasteiger partial charge is 0.236 e. The monoisotopic (exact) mass is 291 g/mol. The fraction of sp³-hybridized carbons (Fsp3) is 0.562. The van der Waals surface area contributed by atoms with Crippen LogP contribution in [0.25, 0.3) is 0 Å². The van der Waals surface area contributed by atoms with Gasteiger partial charge in [-0.25, -0.2) is 0 Å². The molecule has 0 saturated carbocycles. The molecule has 1 N–H and O–H groups in total. The van der Waals surface area contributed by atoms with Crippen molar-refractivity contribution in [1.29, 1.82) is 0 Å². The van der Waals surface area contributed by atoms with E-state index >= 15 is 0 Å². The predicted octanol–water partition coefficient (Wildman–Crippen LogP) is 0.947. The van der Waals surface area contributed by atoms with Crippen molar-refractivity contribution in [3.05, 3.63) is 29.8 Å². The summed E-state index contributed by atoms with van der Waals surface area (Å²) in [6, 6.07) is 8.17. The van der Waals surface area contributed by atoms with E-state index in [1.54, 1.807) is 14.2 Å². The molecule has 0 aromatic heterocycles. The molecular formula is C16H25N3O2. The van der Waals surface area contributed by atoms with Crippen LogP contribution in [-0.4, -0.2) is 62.1 Å². The largest absolute Gasteiger partial charge is 0.497 e. The lowest BCUT2D eigenvalue weighted by molar-refractivity contribution is -0.126. The first kappa shape index (κ1) is 15.8. The highest BCUT2D eigenvalue weighted by Gasteiger charge is 2.24. The Kier molecular flexibility index (Phi) is 5.59. The Balaban J connectivity index is 1.82. The Hall–Kier alpha value is -1.59. The van der Waals surface area contributed by atoms with Crippen molar-refractivity contribution in [3.63, 3.8) is 0 Å². The molecule has 1 fully saturated rings. The third-order valence-electron chi connectivity index (χ3n) is 4.15. The van der Waals surface area contributed by atoms with Crippen LogP contribution in [0.15, 0.2) is 24.3 Å². The van der Waals surface area contributed by atoms with Crippen LogP contribution < -0.4 is 10.1 Å². The molecule has 0 unspecified atom stereocenters. The van der Waals surface area contributed by atoms with E-state index in [0.29, 0.717) is 0 Å². The molecule has 1 saturated heterocycles. The molecule has 2 rings (SSSR count). The number of hydrogen-bond donors (Lipinski definition) is 1. The standard InChI is InChI=1S/C16H25N3O2/c1-13(16(20)17-2)19-10-8-18(9-11-19)12-14-4-6-15(21-3)7-5-14/h4-7,13H,8-12H2,1-3H3,(H,17,20)/t13-/m1/s1. The van der Waals surface area contributed by atoms with Gasteiger partial charge in [-0.15, -0.1) is 0 Å². The highest BCUT2D eigenvalue weighted by atomic mass is 16.5. The number of nitrogens with zero attached hydrogens (tertiary/aromatic N) is 2. The minimum absolute atomic E-state index is 0.0434. The zero-order valence-electron chi connectivity index (χ0n) is 13.1. The number of nitrogens with one attached hydrogen (secondary N) is 1. The molecule has 21 heavy (non-hydrogen) atoms. The third kappa shape index (κ3) is 4.19. The van der Waals surface area contributed by atoms with Crippen LogP contribution in [0.4, 0.5) is 0 Å². The molecule has 0 bridgehead atoms. The quantitative estimate of drug-likeness (QED) is 0.877. The first-order chi connectivity index (χ1) is 10.1. The first-order valence-corrected chi connectivity index (χ1v) is 7.45. The van der Waals surface area contributed by atoms with Gasteiger partial charge in [-0.1, -0.05) is 12.1 Å². The Morgan fingerprint density at radius 3 is 2.38 bits per heavy atom. The number of ether oxygens (including phenoxy) is 1. The van der Waals surface area contributed by atoms with Gasteiger partial charge in [-0.2, -0.15) is 0 Å². The Bertz CT molecular complexity index is 453. The molecule has 1 aliphatic rings. The van der Waals surface area contributed by atoms with E-state index in [2.05, 4.69) is 27.2 Å². The molecule has 1 aromatic rings. The van der Waals surface area contributed by atoms with Crippen LogP contribution >= 0.6 is 0 Å². The molecule has 0 radical (unpaired) electrons. The van der Waals surface area contributed by atoms with Gasteiger partial charge in [0.25, 0.3) is 0 Å². The number of amides is 1. The van der Waals surface area contributed by atoms with Gasteiger partial charge in [0.15, 0.2) is 0 Å². The van der Waals surface area contributed by atoms with Gasteiger partial charge in [0.1, 0.15) is 5.75 Å². The maximum atomic E-state index is 11.7. The summed E-state index contributed by atoms with van der Waals surface area (Å²) in [5, 5.41) is 2.72. The maximum absolute atomic E-state index is 11.7. The Morgan fingerprint density at radius 1 is 1.24 bits per heavy atom. The average Bonchev–Trinajstić information content (AvgIpc) is 2.55. The van der Waals surface area contributed by atoms with Crippen LogP contribution in [0.3, 0.4) is 0 Å². The van der Waals surface area contributed by atoms with Crippen LogP contribution in [-0.2, 0) is 11.3 Å². The molecule has 1 aromatic carbocycles. The van der Waals surface area contributed by atoms with Crippen molar-refractivity contribution in [2.24, 2.45) is 0 Å². The van der Waals surface area contributed by atoms with Gasteiger partial charge in [-0.3, -0.25) is 14.6 Å². The number of piperazine rings is 1. The van der Waals surface area contributed by atoms with Gasteiger partial charge < -0.3 is 10.1 Å². The summed E-state index contributed by atoms with van der Waals surface area (Å²) in [5.41, 5.74) is 1.29. The van der Waals surface area contributed by atoms with E-state index in [-0.39, 0.29) is 11.9 Å². The molecular weight excluding hydrogens is 266 g/mol. The third-order valence-corrected chi connectivity index (χ3v) is 4.15. The van der Waals surface area contributed by atoms with Crippen molar-refractivity contribution in [2.75, 3.05) is 40.3 Å². The minimum Gasteiger partial charge on any atom is -0.497 e. The van der Waals surface area contributed by atoms with Crippen molar-refractivity contribution in [3.8, 4) is 5.75 Å². The minimum atomic E-state index is -0.0434. The number of rotatable bonds is 5. The average molecular weight is 291 g/mol. The van der Waals surface area contributed by atoms with Crippen LogP contribution in [0.2, 0.25) is 0 Å². The SMILES string of the molecule is CNC(=O)[C@@H](C)N1CCN(Cc2ccc(OC)cc2)CC1. The lowest BCUT2D eigenvalue weighted by atomic mass is 10.1. The van der Waals surface area contributed by atoms with Crippen molar-refractivity contribution in [2.45, 2.75) is 19.5 Å². The van der Waals surface area contributed by atoms with E-state index in [0.717, 1.165) is 38.5 Å². The lowest BCUT2D eigenvalue weighted by Gasteiger charge is -2.37. The van der Waals surface area contributed by atoms with Crippen LogP contribution in [0.1, 0.15) is 12.5 Å². The molecule has 1 atom stereocenters. The number of hydrogen-bond acceptors (Lipinski definition) is 4. The van der Waals surface area contributed by atoms with E-state index in [1.165, 1.54) is 5.56 Å². The highest BCUT2D eigenvalue weighted by Crippen LogP contribution is 2.14. The molecule has 1 heterocycles. The lowest BCUT2D eigenvalue weighted by Crippen LogP contribution is -2.53. The number of carbonyl (C=O) groups is 1. The Morgan fingerprint density at radius 2 is 1.86 bits per heavy atom. The van der Waals surface area contributed by atoms with Gasteiger partial charge in [0.05, 0.1) is 13.2 Å². The Labute approximate surface area is 126 Å². The molecule has 0 aliphatic carbocycles. The molecule has 5 heteroatoms. The molecule has 1 amide bonds. The van der Waals surface area contributed by atoms with Crippen molar-refractivity contribution >= 4 is 5.91 Å². The van der Waals surface area contributed by atoms with E-state index < -0.39 is 0 Å². The first-order valence-electron chi connectivity index (χ1n) is 7.45. The second-order valence-electron chi connectivity index (χ2n) is 5.45. The summed E-state index contributed by atoms with van der Waals surface area (Å²) >= 11 is 0. The number of likely N-dealkylation sites (N-methyl/N-ethyl adjacent to an activating group) is 1. The highest BCUT2D eigenvalue weighted by molar-refractivity contribution is 5.80. The number of methoxy groups -OCH3 is 1. The normalized spacial score (nSPS) is 18.2. The van der Waals surface area contributed by atoms with Crippen LogP contribution in [0, 0.1) is 0 Å². The zero-order chi connectivity index (χ0) is 15.2. The van der Waals surface area contributed by atoms with Gasteiger partial charge in [0, 0.05) is 39.8 Å². The maximum Gasteiger partial charge on any atom is 0.236 e. The summed E-state index contributed by atoms with van der Waals surface area (Å²) in [4.78, 5) is 16.3. The van der Waals surface area contributed by atoms with E-state index in [9.17, 15) is 4.79 Å².